The van der Waals surface area contributed by atoms with E-state index < -0.39 is 0 Å². The first-order valence-corrected chi connectivity index (χ1v) is 6.14. The number of hydrogen-bond donors (Lipinski definition) is 1. The lowest BCUT2D eigenvalue weighted by Gasteiger charge is -2.09. The van der Waals surface area contributed by atoms with Crippen LogP contribution in [0.2, 0.25) is 20.1 Å². The van der Waals surface area contributed by atoms with Crippen LogP contribution in [0, 0.1) is 0 Å². The maximum Gasteiger partial charge on any atom is 0.116 e. The van der Waals surface area contributed by atoms with E-state index in [4.69, 9.17) is 46.4 Å². The number of rotatable bonds is 1. The third-order valence-corrected chi connectivity index (χ3v) is 4.01. The van der Waals surface area contributed by atoms with Gasteiger partial charge in [0.15, 0.2) is 0 Å². The number of phenolic OH excluding ortho intramolecular Hbond substituents is 1. The third-order valence-electron chi connectivity index (χ3n) is 2.26. The second kappa shape index (κ2) is 4.95. The molecule has 2 aromatic rings. The van der Waals surface area contributed by atoms with Crippen molar-refractivity contribution >= 4 is 46.4 Å². The molecule has 0 aliphatic carbocycles. The Balaban J connectivity index is 2.68. The fourth-order valence-electron chi connectivity index (χ4n) is 1.46. The second-order valence-electron chi connectivity index (χ2n) is 3.40. The van der Waals surface area contributed by atoms with Gasteiger partial charge in [-0.25, -0.2) is 0 Å². The quantitative estimate of drug-likeness (QED) is 0.531. The zero-order valence-corrected chi connectivity index (χ0v) is 11.4. The molecule has 1 N–H and O–H groups in total. The molecule has 2 rings (SSSR count). The van der Waals surface area contributed by atoms with Crippen molar-refractivity contribution in [1.29, 1.82) is 0 Å². The number of phenols is 1. The monoisotopic (exact) mass is 306 g/mol. The Labute approximate surface area is 118 Å². The predicted molar refractivity (Wildman–Crippen MR) is 73.6 cm³/mol. The Kier molecular flexibility index (Phi) is 3.74. The van der Waals surface area contributed by atoms with E-state index in [0.717, 1.165) is 5.56 Å². The number of halogens is 4. The summed E-state index contributed by atoms with van der Waals surface area (Å²) in [6.07, 6.45) is 0. The average molecular weight is 308 g/mol. The molecule has 17 heavy (non-hydrogen) atoms. The molecule has 0 amide bonds. The maximum absolute atomic E-state index is 9.42. The molecule has 5 heteroatoms. The van der Waals surface area contributed by atoms with Gasteiger partial charge in [-0.05, 0) is 23.8 Å². The van der Waals surface area contributed by atoms with E-state index in [-0.39, 0.29) is 15.8 Å². The highest BCUT2D eigenvalue weighted by Crippen LogP contribution is 2.42. The minimum Gasteiger partial charge on any atom is -0.508 e. The van der Waals surface area contributed by atoms with Crippen molar-refractivity contribution in [2.24, 2.45) is 0 Å². The van der Waals surface area contributed by atoms with E-state index in [9.17, 15) is 5.11 Å². The molecule has 0 unspecified atom stereocenters. The largest absolute Gasteiger partial charge is 0.508 e. The van der Waals surface area contributed by atoms with E-state index in [2.05, 4.69) is 0 Å². The van der Waals surface area contributed by atoms with Gasteiger partial charge in [-0.3, -0.25) is 0 Å². The zero-order valence-electron chi connectivity index (χ0n) is 8.35. The molecule has 0 aliphatic heterocycles. The molecule has 0 heterocycles. The van der Waals surface area contributed by atoms with Crippen LogP contribution in [-0.2, 0) is 0 Å². The lowest BCUT2D eigenvalue weighted by atomic mass is 10.1. The van der Waals surface area contributed by atoms with Crippen LogP contribution >= 0.6 is 46.4 Å². The van der Waals surface area contributed by atoms with Crippen LogP contribution in [0.25, 0.3) is 11.1 Å². The van der Waals surface area contributed by atoms with Crippen LogP contribution in [0.15, 0.2) is 30.3 Å². The van der Waals surface area contributed by atoms with Crippen LogP contribution in [0.1, 0.15) is 0 Å². The Morgan fingerprint density at radius 2 is 1.53 bits per heavy atom. The summed E-state index contributed by atoms with van der Waals surface area (Å²) >= 11 is 23.9. The molecular formula is C12H6Cl4O. The van der Waals surface area contributed by atoms with Crippen molar-refractivity contribution in [1.82, 2.24) is 0 Å². The van der Waals surface area contributed by atoms with Gasteiger partial charge in [0.1, 0.15) is 5.75 Å². The molecular weight excluding hydrogens is 302 g/mol. The molecule has 1 nitrogen and oxygen atoms in total. The van der Waals surface area contributed by atoms with E-state index in [1.54, 1.807) is 30.3 Å². The summed E-state index contributed by atoms with van der Waals surface area (Å²) in [6.45, 7) is 0. The van der Waals surface area contributed by atoms with E-state index in [1.807, 2.05) is 0 Å². The van der Waals surface area contributed by atoms with Crippen molar-refractivity contribution in [3.63, 3.8) is 0 Å². The summed E-state index contributed by atoms with van der Waals surface area (Å²) in [5, 5.41) is 10.5. The number of hydrogen-bond acceptors (Lipinski definition) is 1. The van der Waals surface area contributed by atoms with Gasteiger partial charge in [0.05, 0.1) is 20.1 Å². The van der Waals surface area contributed by atoms with Gasteiger partial charge in [0, 0.05) is 5.56 Å². The Bertz CT molecular complexity index is 581. The molecule has 0 atom stereocenters. The standard InChI is InChI=1S/C12H6Cl4O/c13-9-5-8(10(14)12(16)11(9)15)6-2-1-3-7(17)4-6/h1-5,17H. The Morgan fingerprint density at radius 3 is 2.18 bits per heavy atom. The Hall–Kier alpha value is -0.600. The van der Waals surface area contributed by atoms with Crippen molar-refractivity contribution in [2.45, 2.75) is 0 Å². The normalized spacial score (nSPS) is 10.6. The minimum absolute atomic E-state index is 0.140. The van der Waals surface area contributed by atoms with E-state index in [0.29, 0.717) is 15.6 Å². The molecule has 2 aromatic carbocycles. The summed E-state index contributed by atoms with van der Waals surface area (Å²) in [7, 11) is 0. The highest BCUT2D eigenvalue weighted by molar-refractivity contribution is 6.52. The molecule has 0 bridgehead atoms. The Morgan fingerprint density at radius 1 is 0.824 bits per heavy atom. The predicted octanol–water partition coefficient (Wildman–Crippen LogP) is 5.67. The summed E-state index contributed by atoms with van der Waals surface area (Å²) in [5.74, 6) is 0.140. The van der Waals surface area contributed by atoms with Gasteiger partial charge in [-0.15, -0.1) is 0 Å². The summed E-state index contributed by atoms with van der Waals surface area (Å²) in [5.41, 5.74) is 1.34. The molecule has 0 radical (unpaired) electrons. The fraction of sp³-hybridized carbons (Fsp3) is 0. The maximum atomic E-state index is 9.42. The summed E-state index contributed by atoms with van der Waals surface area (Å²) < 4.78 is 0. The highest BCUT2D eigenvalue weighted by Gasteiger charge is 2.14. The lowest BCUT2D eigenvalue weighted by Crippen LogP contribution is -1.83. The van der Waals surface area contributed by atoms with Gasteiger partial charge in [-0.1, -0.05) is 58.5 Å². The fourth-order valence-corrected chi connectivity index (χ4v) is 2.37. The number of benzene rings is 2. The van der Waals surface area contributed by atoms with Gasteiger partial charge in [0.2, 0.25) is 0 Å². The summed E-state index contributed by atoms with van der Waals surface area (Å²) in [6, 6.07) is 8.25. The molecule has 0 saturated heterocycles. The molecule has 0 aromatic heterocycles. The minimum atomic E-state index is 0.140. The van der Waals surface area contributed by atoms with Crippen LogP contribution in [0.3, 0.4) is 0 Å². The van der Waals surface area contributed by atoms with E-state index in [1.165, 1.54) is 0 Å². The summed E-state index contributed by atoms with van der Waals surface area (Å²) in [4.78, 5) is 0. The molecule has 0 fully saturated rings. The van der Waals surface area contributed by atoms with E-state index >= 15 is 0 Å². The van der Waals surface area contributed by atoms with Gasteiger partial charge in [0.25, 0.3) is 0 Å². The number of aromatic hydroxyl groups is 1. The SMILES string of the molecule is Oc1cccc(-c2cc(Cl)c(Cl)c(Cl)c2Cl)c1. The highest BCUT2D eigenvalue weighted by atomic mass is 35.5. The topological polar surface area (TPSA) is 20.2 Å². The van der Waals surface area contributed by atoms with Gasteiger partial charge in [-0.2, -0.15) is 0 Å². The smallest absolute Gasteiger partial charge is 0.116 e. The van der Waals surface area contributed by atoms with Crippen LogP contribution < -0.4 is 0 Å². The van der Waals surface area contributed by atoms with Crippen molar-refractivity contribution in [3.8, 4) is 16.9 Å². The van der Waals surface area contributed by atoms with Crippen molar-refractivity contribution in [2.75, 3.05) is 0 Å². The van der Waals surface area contributed by atoms with Crippen molar-refractivity contribution < 1.29 is 5.11 Å². The average Bonchev–Trinajstić information content (AvgIpc) is 2.31. The van der Waals surface area contributed by atoms with Crippen LogP contribution in [0.5, 0.6) is 5.75 Å². The molecule has 0 aliphatic rings. The van der Waals surface area contributed by atoms with Crippen molar-refractivity contribution in [3.05, 3.63) is 50.4 Å². The molecule has 88 valence electrons. The first-order chi connectivity index (χ1) is 8.00. The van der Waals surface area contributed by atoms with Gasteiger partial charge < -0.3 is 5.11 Å². The third kappa shape index (κ3) is 2.48. The second-order valence-corrected chi connectivity index (χ2v) is 4.94. The van der Waals surface area contributed by atoms with Crippen LogP contribution in [0.4, 0.5) is 0 Å². The first kappa shape index (κ1) is 12.8. The lowest BCUT2D eigenvalue weighted by molar-refractivity contribution is 0.475. The van der Waals surface area contributed by atoms with Gasteiger partial charge >= 0.3 is 0 Å². The van der Waals surface area contributed by atoms with Crippen LogP contribution in [-0.4, -0.2) is 5.11 Å². The zero-order chi connectivity index (χ0) is 12.6. The molecule has 0 spiro atoms. The first-order valence-electron chi connectivity index (χ1n) is 4.63. The molecule has 0 saturated carbocycles.